The Morgan fingerprint density at radius 2 is 1.96 bits per heavy atom. The molecule has 1 aliphatic heterocycles. The predicted octanol–water partition coefficient (Wildman–Crippen LogP) is 3.05. The molecule has 0 unspecified atom stereocenters. The van der Waals surface area contributed by atoms with Crippen LogP contribution in [0, 0.1) is 0 Å². The van der Waals surface area contributed by atoms with Crippen LogP contribution in [0.3, 0.4) is 0 Å². The van der Waals surface area contributed by atoms with Crippen molar-refractivity contribution in [3.05, 3.63) is 35.7 Å². The second kappa shape index (κ2) is 9.29. The highest BCUT2D eigenvalue weighted by molar-refractivity contribution is 6.37. The SMILES string of the molecule is CC.CCCCC1=C(c2cn(CCCO)c3ncccc23)C(=O)NC1=O. The molecule has 1 aliphatic rings. The fraction of sp³-hybridized carbons (Fsp3) is 0.450. The van der Waals surface area contributed by atoms with Crippen LogP contribution in [0.15, 0.2) is 30.1 Å². The molecule has 3 rings (SSSR count). The molecule has 0 saturated heterocycles. The molecule has 0 aromatic carbocycles. The molecule has 0 fully saturated rings. The molecule has 0 atom stereocenters. The number of fused-ring (bicyclic) bond motifs is 1. The molecule has 6 heteroatoms. The number of nitrogens with zero attached hydrogens (tertiary/aromatic N) is 2. The van der Waals surface area contributed by atoms with Crippen molar-refractivity contribution < 1.29 is 14.7 Å². The van der Waals surface area contributed by atoms with Crippen LogP contribution < -0.4 is 5.32 Å². The van der Waals surface area contributed by atoms with E-state index in [9.17, 15) is 9.59 Å². The number of unbranched alkanes of at least 4 members (excludes halogenated alkanes) is 1. The molecule has 6 nitrogen and oxygen atoms in total. The summed E-state index contributed by atoms with van der Waals surface area (Å²) in [6.45, 7) is 6.75. The van der Waals surface area contributed by atoms with Crippen molar-refractivity contribution in [1.29, 1.82) is 0 Å². The zero-order valence-electron chi connectivity index (χ0n) is 15.7. The third-order valence-corrected chi connectivity index (χ3v) is 4.27. The average Bonchev–Trinajstić information content (AvgIpc) is 3.16. The number of aliphatic hydroxyl groups excluding tert-OH is 1. The number of aliphatic hydroxyl groups is 1. The van der Waals surface area contributed by atoms with Crippen LogP contribution in [-0.2, 0) is 16.1 Å². The third kappa shape index (κ3) is 3.85. The summed E-state index contributed by atoms with van der Waals surface area (Å²) in [6, 6.07) is 3.73. The Morgan fingerprint density at radius 3 is 2.65 bits per heavy atom. The maximum absolute atomic E-state index is 12.4. The van der Waals surface area contributed by atoms with Crippen molar-refractivity contribution in [2.75, 3.05) is 6.61 Å². The van der Waals surface area contributed by atoms with Gasteiger partial charge in [0, 0.05) is 42.1 Å². The Morgan fingerprint density at radius 1 is 1.19 bits per heavy atom. The quantitative estimate of drug-likeness (QED) is 0.746. The van der Waals surface area contributed by atoms with Gasteiger partial charge in [0.1, 0.15) is 5.65 Å². The first-order valence-corrected chi connectivity index (χ1v) is 9.31. The lowest BCUT2D eigenvalue weighted by Gasteiger charge is -2.02. The highest BCUT2D eigenvalue weighted by Crippen LogP contribution is 2.33. The first-order chi connectivity index (χ1) is 12.7. The number of carbonyl (C=O) groups is 2. The Labute approximate surface area is 153 Å². The zero-order valence-corrected chi connectivity index (χ0v) is 15.7. The lowest BCUT2D eigenvalue weighted by atomic mass is 9.98. The summed E-state index contributed by atoms with van der Waals surface area (Å²) in [7, 11) is 0. The van der Waals surface area contributed by atoms with Crippen LogP contribution in [0.25, 0.3) is 16.6 Å². The third-order valence-electron chi connectivity index (χ3n) is 4.27. The monoisotopic (exact) mass is 357 g/mol. The maximum Gasteiger partial charge on any atom is 0.259 e. The van der Waals surface area contributed by atoms with E-state index < -0.39 is 0 Å². The smallest absolute Gasteiger partial charge is 0.259 e. The summed E-state index contributed by atoms with van der Waals surface area (Å²) in [4.78, 5) is 28.9. The summed E-state index contributed by atoms with van der Waals surface area (Å²) >= 11 is 0. The van der Waals surface area contributed by atoms with Crippen molar-refractivity contribution in [1.82, 2.24) is 14.9 Å². The molecule has 0 spiro atoms. The van der Waals surface area contributed by atoms with Gasteiger partial charge in [0.2, 0.25) is 0 Å². The van der Waals surface area contributed by atoms with Gasteiger partial charge in [-0.25, -0.2) is 4.98 Å². The lowest BCUT2D eigenvalue weighted by molar-refractivity contribution is -0.123. The van der Waals surface area contributed by atoms with E-state index in [1.54, 1.807) is 6.20 Å². The molecule has 2 N–H and O–H groups in total. The minimum absolute atomic E-state index is 0.0886. The van der Waals surface area contributed by atoms with Crippen molar-refractivity contribution in [2.45, 2.75) is 53.0 Å². The van der Waals surface area contributed by atoms with Gasteiger partial charge < -0.3 is 9.67 Å². The fourth-order valence-corrected chi connectivity index (χ4v) is 3.10. The van der Waals surface area contributed by atoms with Gasteiger partial charge in [-0.05, 0) is 31.4 Å². The van der Waals surface area contributed by atoms with E-state index in [2.05, 4.69) is 17.2 Å². The average molecular weight is 357 g/mol. The molecular formula is C20H27N3O3. The van der Waals surface area contributed by atoms with Crippen LogP contribution in [0.5, 0.6) is 0 Å². The van der Waals surface area contributed by atoms with E-state index in [-0.39, 0.29) is 18.4 Å². The van der Waals surface area contributed by atoms with Crippen LogP contribution in [0.4, 0.5) is 0 Å². The topological polar surface area (TPSA) is 84.2 Å². The molecule has 0 saturated carbocycles. The molecule has 140 valence electrons. The summed E-state index contributed by atoms with van der Waals surface area (Å²) in [5.74, 6) is -0.625. The Hall–Kier alpha value is -2.47. The van der Waals surface area contributed by atoms with E-state index in [4.69, 9.17) is 5.11 Å². The Balaban J connectivity index is 0.00000117. The number of amides is 2. The number of aryl methyl sites for hydroxylation is 1. The number of hydrogen-bond donors (Lipinski definition) is 2. The van der Waals surface area contributed by atoms with Crippen molar-refractivity contribution in [3.63, 3.8) is 0 Å². The van der Waals surface area contributed by atoms with Gasteiger partial charge in [-0.15, -0.1) is 0 Å². The van der Waals surface area contributed by atoms with E-state index in [1.807, 2.05) is 36.7 Å². The summed E-state index contributed by atoms with van der Waals surface area (Å²) in [5, 5.41) is 12.4. The zero-order chi connectivity index (χ0) is 19.1. The molecule has 26 heavy (non-hydrogen) atoms. The fourth-order valence-electron chi connectivity index (χ4n) is 3.10. The molecule has 2 amide bonds. The van der Waals surface area contributed by atoms with E-state index in [0.29, 0.717) is 30.5 Å². The number of nitrogens with one attached hydrogen (secondary N) is 1. The van der Waals surface area contributed by atoms with Gasteiger partial charge in [0.25, 0.3) is 11.8 Å². The summed E-state index contributed by atoms with van der Waals surface area (Å²) in [6.07, 6.45) is 6.58. The van der Waals surface area contributed by atoms with Gasteiger partial charge in [0.05, 0.1) is 5.57 Å². The molecule has 0 aliphatic carbocycles. The number of hydrogen-bond acceptors (Lipinski definition) is 4. The van der Waals surface area contributed by atoms with Gasteiger partial charge >= 0.3 is 0 Å². The number of imide groups is 1. The highest BCUT2D eigenvalue weighted by Gasteiger charge is 2.32. The van der Waals surface area contributed by atoms with Gasteiger partial charge in [-0.3, -0.25) is 14.9 Å². The lowest BCUT2D eigenvalue weighted by Crippen LogP contribution is -2.23. The first-order valence-electron chi connectivity index (χ1n) is 9.31. The number of aromatic nitrogens is 2. The molecule has 0 radical (unpaired) electrons. The van der Waals surface area contributed by atoms with E-state index in [0.717, 1.165) is 29.4 Å². The van der Waals surface area contributed by atoms with Crippen molar-refractivity contribution in [2.24, 2.45) is 0 Å². The molecule has 3 heterocycles. The minimum atomic E-state index is -0.337. The molecule has 2 aromatic heterocycles. The van der Waals surface area contributed by atoms with Gasteiger partial charge in [-0.2, -0.15) is 0 Å². The van der Waals surface area contributed by atoms with Crippen molar-refractivity contribution >= 4 is 28.4 Å². The summed E-state index contributed by atoms with van der Waals surface area (Å²) in [5.41, 5.74) is 2.53. The first kappa shape index (κ1) is 19.8. The Bertz CT molecular complexity index is 821. The standard InChI is InChI=1S/C18H21N3O3.C2H6/c1-2-3-6-13-15(18(24)20-17(13)23)14-11-21(9-5-10-22)16-12(14)7-4-8-19-16;1-2/h4,7-8,11,22H,2-3,5-6,9-10H2,1H3,(H,20,23,24);1-2H3. The van der Waals surface area contributed by atoms with Gasteiger partial charge in [-0.1, -0.05) is 27.2 Å². The van der Waals surface area contributed by atoms with Gasteiger partial charge in [0.15, 0.2) is 0 Å². The second-order valence-corrected chi connectivity index (χ2v) is 5.93. The van der Waals surface area contributed by atoms with Crippen LogP contribution in [0.1, 0.15) is 52.0 Å². The summed E-state index contributed by atoms with van der Waals surface area (Å²) < 4.78 is 1.93. The van der Waals surface area contributed by atoms with Crippen molar-refractivity contribution in [3.8, 4) is 0 Å². The van der Waals surface area contributed by atoms with Crippen LogP contribution in [0.2, 0.25) is 0 Å². The number of rotatable bonds is 7. The Kier molecular flexibility index (Phi) is 7.09. The molecule has 0 bridgehead atoms. The van der Waals surface area contributed by atoms with Crippen LogP contribution >= 0.6 is 0 Å². The highest BCUT2D eigenvalue weighted by atomic mass is 16.3. The number of carbonyl (C=O) groups excluding carboxylic acids is 2. The maximum atomic E-state index is 12.4. The minimum Gasteiger partial charge on any atom is -0.396 e. The largest absolute Gasteiger partial charge is 0.396 e. The molecular weight excluding hydrogens is 330 g/mol. The molecule has 2 aromatic rings. The second-order valence-electron chi connectivity index (χ2n) is 5.93. The normalized spacial score (nSPS) is 13.8. The van der Waals surface area contributed by atoms with E-state index >= 15 is 0 Å². The van der Waals surface area contributed by atoms with Crippen LogP contribution in [-0.4, -0.2) is 33.1 Å². The predicted molar refractivity (Wildman–Crippen MR) is 102 cm³/mol. The van der Waals surface area contributed by atoms with E-state index in [1.165, 1.54) is 0 Å². The number of pyridine rings is 1.